The number of rotatable bonds is 2. The number of pyridine rings is 1. The van der Waals surface area contributed by atoms with Crippen LogP contribution in [-0.4, -0.2) is 10.1 Å². The summed E-state index contributed by atoms with van der Waals surface area (Å²) < 4.78 is 0. The van der Waals surface area contributed by atoms with Crippen molar-refractivity contribution in [2.45, 2.75) is 20.0 Å². The van der Waals surface area contributed by atoms with E-state index in [-0.39, 0.29) is 12.0 Å². The van der Waals surface area contributed by atoms with E-state index in [1.54, 1.807) is 12.4 Å². The van der Waals surface area contributed by atoms with Gasteiger partial charge in [0.15, 0.2) is 0 Å². The molecule has 1 aromatic heterocycles. The van der Waals surface area contributed by atoms with Crippen LogP contribution in [0.15, 0.2) is 24.5 Å². The predicted molar refractivity (Wildman–Crippen MR) is 44.0 cm³/mol. The molecular weight excluding hydrogens is 138 g/mol. The van der Waals surface area contributed by atoms with E-state index >= 15 is 0 Å². The van der Waals surface area contributed by atoms with E-state index in [4.69, 9.17) is 0 Å². The fourth-order valence-electron chi connectivity index (χ4n) is 0.946. The second-order valence-electron chi connectivity index (χ2n) is 2.97. The van der Waals surface area contributed by atoms with Crippen LogP contribution in [0.5, 0.6) is 0 Å². The van der Waals surface area contributed by atoms with Gasteiger partial charge >= 0.3 is 0 Å². The van der Waals surface area contributed by atoms with E-state index < -0.39 is 0 Å². The monoisotopic (exact) mass is 151 g/mol. The third-order valence-electron chi connectivity index (χ3n) is 1.68. The molecule has 0 saturated carbocycles. The molecule has 1 heterocycles. The van der Waals surface area contributed by atoms with Gasteiger partial charge in [0.1, 0.15) is 0 Å². The molecule has 2 heteroatoms. The Balaban J connectivity index is 2.77. The SMILES string of the molecule is CC(C)[C@H](O)c1ccncc1. The Morgan fingerprint density at radius 3 is 2.27 bits per heavy atom. The Labute approximate surface area is 66.9 Å². The highest BCUT2D eigenvalue weighted by molar-refractivity contribution is 5.13. The second kappa shape index (κ2) is 3.49. The van der Waals surface area contributed by atoms with Crippen LogP contribution < -0.4 is 0 Å². The molecule has 60 valence electrons. The van der Waals surface area contributed by atoms with Crippen LogP contribution in [0, 0.1) is 5.92 Å². The zero-order valence-electron chi connectivity index (χ0n) is 6.86. The zero-order valence-corrected chi connectivity index (χ0v) is 6.86. The number of aliphatic hydroxyl groups is 1. The van der Waals surface area contributed by atoms with Crippen molar-refractivity contribution in [3.8, 4) is 0 Å². The Morgan fingerprint density at radius 2 is 1.82 bits per heavy atom. The molecule has 0 unspecified atom stereocenters. The Hall–Kier alpha value is -0.890. The topological polar surface area (TPSA) is 33.1 Å². The lowest BCUT2D eigenvalue weighted by atomic mass is 10.0. The molecule has 0 aliphatic heterocycles. The molecule has 1 N–H and O–H groups in total. The van der Waals surface area contributed by atoms with E-state index in [2.05, 4.69) is 4.98 Å². The van der Waals surface area contributed by atoms with Crippen LogP contribution in [0.1, 0.15) is 25.5 Å². The average Bonchev–Trinajstić information content (AvgIpc) is 2.05. The zero-order chi connectivity index (χ0) is 8.27. The van der Waals surface area contributed by atoms with Crippen molar-refractivity contribution in [2.75, 3.05) is 0 Å². The summed E-state index contributed by atoms with van der Waals surface area (Å²) in [4.78, 5) is 3.88. The summed E-state index contributed by atoms with van der Waals surface area (Å²) >= 11 is 0. The van der Waals surface area contributed by atoms with Gasteiger partial charge in [-0.1, -0.05) is 13.8 Å². The summed E-state index contributed by atoms with van der Waals surface area (Å²) in [5.41, 5.74) is 0.940. The maximum atomic E-state index is 9.57. The van der Waals surface area contributed by atoms with E-state index in [1.165, 1.54) is 0 Å². The van der Waals surface area contributed by atoms with Gasteiger partial charge in [0.25, 0.3) is 0 Å². The quantitative estimate of drug-likeness (QED) is 0.698. The largest absolute Gasteiger partial charge is 0.388 e. The summed E-state index contributed by atoms with van der Waals surface area (Å²) in [6.45, 7) is 3.98. The molecule has 0 bridgehead atoms. The molecule has 0 saturated heterocycles. The Kier molecular flexibility index (Phi) is 2.60. The number of aliphatic hydroxyl groups excluding tert-OH is 1. The summed E-state index contributed by atoms with van der Waals surface area (Å²) in [6.07, 6.45) is 3.03. The van der Waals surface area contributed by atoms with Crippen molar-refractivity contribution in [1.82, 2.24) is 4.98 Å². The van der Waals surface area contributed by atoms with Crippen molar-refractivity contribution in [3.05, 3.63) is 30.1 Å². The lowest BCUT2D eigenvalue weighted by Gasteiger charge is -2.13. The maximum absolute atomic E-state index is 9.57. The standard InChI is InChI=1S/C9H13NO/c1-7(2)9(11)8-3-5-10-6-4-8/h3-7,9,11H,1-2H3/t9-/m0/s1. The fourth-order valence-corrected chi connectivity index (χ4v) is 0.946. The molecule has 0 radical (unpaired) electrons. The van der Waals surface area contributed by atoms with Crippen molar-refractivity contribution in [1.29, 1.82) is 0 Å². The molecule has 11 heavy (non-hydrogen) atoms. The first-order valence-electron chi connectivity index (χ1n) is 3.80. The summed E-state index contributed by atoms with van der Waals surface area (Å²) in [5, 5.41) is 9.57. The average molecular weight is 151 g/mol. The van der Waals surface area contributed by atoms with Gasteiger partial charge in [-0.3, -0.25) is 4.98 Å². The number of aromatic nitrogens is 1. The van der Waals surface area contributed by atoms with Crippen molar-refractivity contribution >= 4 is 0 Å². The first kappa shape index (κ1) is 8.21. The van der Waals surface area contributed by atoms with Crippen LogP contribution in [-0.2, 0) is 0 Å². The molecular formula is C9H13NO. The molecule has 0 amide bonds. The van der Waals surface area contributed by atoms with E-state index in [1.807, 2.05) is 26.0 Å². The normalized spacial score (nSPS) is 13.5. The smallest absolute Gasteiger partial charge is 0.0814 e. The summed E-state index contributed by atoms with van der Waals surface area (Å²) in [7, 11) is 0. The molecule has 0 aliphatic carbocycles. The number of hydrogen-bond acceptors (Lipinski definition) is 2. The van der Waals surface area contributed by atoms with E-state index in [9.17, 15) is 5.11 Å². The lowest BCUT2D eigenvalue weighted by Crippen LogP contribution is -2.04. The van der Waals surface area contributed by atoms with Gasteiger partial charge in [0.05, 0.1) is 6.10 Å². The first-order chi connectivity index (χ1) is 5.22. The third kappa shape index (κ3) is 2.02. The number of nitrogens with zero attached hydrogens (tertiary/aromatic N) is 1. The minimum atomic E-state index is -0.363. The third-order valence-corrected chi connectivity index (χ3v) is 1.68. The first-order valence-corrected chi connectivity index (χ1v) is 3.80. The van der Waals surface area contributed by atoms with Crippen LogP contribution >= 0.6 is 0 Å². The van der Waals surface area contributed by atoms with E-state index in [0.717, 1.165) is 5.56 Å². The number of hydrogen-bond donors (Lipinski definition) is 1. The maximum Gasteiger partial charge on any atom is 0.0814 e. The van der Waals surface area contributed by atoms with Gasteiger partial charge in [-0.05, 0) is 23.6 Å². The highest BCUT2D eigenvalue weighted by Gasteiger charge is 2.10. The Morgan fingerprint density at radius 1 is 1.27 bits per heavy atom. The van der Waals surface area contributed by atoms with Gasteiger partial charge in [-0.15, -0.1) is 0 Å². The van der Waals surface area contributed by atoms with Crippen molar-refractivity contribution in [3.63, 3.8) is 0 Å². The molecule has 0 spiro atoms. The highest BCUT2D eigenvalue weighted by atomic mass is 16.3. The highest BCUT2D eigenvalue weighted by Crippen LogP contribution is 2.19. The molecule has 0 aliphatic rings. The molecule has 2 nitrogen and oxygen atoms in total. The summed E-state index contributed by atoms with van der Waals surface area (Å²) in [6, 6.07) is 3.68. The predicted octanol–water partition coefficient (Wildman–Crippen LogP) is 1.77. The van der Waals surface area contributed by atoms with Crippen LogP contribution in [0.2, 0.25) is 0 Å². The fraction of sp³-hybridized carbons (Fsp3) is 0.444. The second-order valence-corrected chi connectivity index (χ2v) is 2.97. The van der Waals surface area contributed by atoms with Gasteiger partial charge in [0.2, 0.25) is 0 Å². The molecule has 1 rings (SSSR count). The Bertz CT molecular complexity index is 208. The molecule has 0 fully saturated rings. The van der Waals surface area contributed by atoms with Gasteiger partial charge in [0, 0.05) is 12.4 Å². The van der Waals surface area contributed by atoms with Gasteiger partial charge < -0.3 is 5.11 Å². The van der Waals surface area contributed by atoms with Gasteiger partial charge in [-0.2, -0.15) is 0 Å². The van der Waals surface area contributed by atoms with E-state index in [0.29, 0.717) is 0 Å². The van der Waals surface area contributed by atoms with Crippen molar-refractivity contribution in [2.24, 2.45) is 5.92 Å². The van der Waals surface area contributed by atoms with Gasteiger partial charge in [-0.25, -0.2) is 0 Å². The molecule has 0 aromatic carbocycles. The van der Waals surface area contributed by atoms with Crippen LogP contribution in [0.4, 0.5) is 0 Å². The van der Waals surface area contributed by atoms with Crippen molar-refractivity contribution < 1.29 is 5.11 Å². The van der Waals surface area contributed by atoms with Crippen LogP contribution in [0.3, 0.4) is 0 Å². The summed E-state index contributed by atoms with van der Waals surface area (Å²) in [5.74, 6) is 0.261. The minimum Gasteiger partial charge on any atom is -0.388 e. The minimum absolute atomic E-state index is 0.261. The lowest BCUT2D eigenvalue weighted by molar-refractivity contribution is 0.127. The molecule has 1 atom stereocenters. The molecule has 1 aromatic rings. The van der Waals surface area contributed by atoms with Crippen LogP contribution in [0.25, 0.3) is 0 Å².